The third-order valence-corrected chi connectivity index (χ3v) is 5.47. The van der Waals surface area contributed by atoms with E-state index in [1.165, 1.54) is 24.3 Å². The molecule has 10 heteroatoms. The normalized spacial score (nSPS) is 15.4. The van der Waals surface area contributed by atoms with E-state index in [9.17, 15) is 22.8 Å². The fourth-order valence-electron chi connectivity index (χ4n) is 2.29. The second-order valence-electron chi connectivity index (χ2n) is 5.47. The van der Waals surface area contributed by atoms with Gasteiger partial charge in [0, 0.05) is 31.6 Å². The van der Waals surface area contributed by atoms with Crippen LogP contribution in [0.2, 0.25) is 0 Å². The number of nitrogens with one attached hydrogen (secondary N) is 2. The topological polar surface area (TPSA) is 133 Å². The van der Waals surface area contributed by atoms with Crippen molar-refractivity contribution in [3.63, 3.8) is 0 Å². The number of nitrogens with zero attached hydrogens (tertiary/aromatic N) is 1. The molecule has 0 unspecified atom stereocenters. The molecule has 2 rings (SSSR count). The van der Waals surface area contributed by atoms with Crippen molar-refractivity contribution in [1.82, 2.24) is 14.9 Å². The maximum Gasteiger partial charge on any atom is 0.303 e. The second kappa shape index (κ2) is 8.08. The van der Waals surface area contributed by atoms with Gasteiger partial charge in [-0.25, -0.2) is 8.42 Å². The smallest absolute Gasteiger partial charge is 0.303 e. The van der Waals surface area contributed by atoms with E-state index in [0.29, 0.717) is 6.42 Å². The maximum atomic E-state index is 12.5. The van der Waals surface area contributed by atoms with Crippen molar-refractivity contribution in [3.05, 3.63) is 29.8 Å². The van der Waals surface area contributed by atoms with Gasteiger partial charge in [-0.2, -0.15) is 4.31 Å². The predicted molar refractivity (Wildman–Crippen MR) is 87.4 cm³/mol. The van der Waals surface area contributed by atoms with Gasteiger partial charge in [0.15, 0.2) is 0 Å². The Labute approximate surface area is 145 Å². The van der Waals surface area contributed by atoms with Gasteiger partial charge in [0.1, 0.15) is 0 Å². The summed E-state index contributed by atoms with van der Waals surface area (Å²) in [5, 5.41) is 13.7. The quantitative estimate of drug-likeness (QED) is 0.550. The molecular formula is C15H19N3O6S. The molecule has 2 amide bonds. The average molecular weight is 369 g/mol. The number of hydrogen-bond acceptors (Lipinski definition) is 5. The predicted octanol–water partition coefficient (Wildman–Crippen LogP) is -0.598. The van der Waals surface area contributed by atoms with Crippen molar-refractivity contribution >= 4 is 27.8 Å². The third kappa shape index (κ3) is 5.00. The second-order valence-corrected chi connectivity index (χ2v) is 7.40. The van der Waals surface area contributed by atoms with Crippen molar-refractivity contribution < 1.29 is 27.9 Å². The van der Waals surface area contributed by atoms with Crippen molar-refractivity contribution in [2.45, 2.75) is 17.7 Å². The van der Waals surface area contributed by atoms with Crippen LogP contribution in [0.4, 0.5) is 0 Å². The molecule has 1 fully saturated rings. The molecule has 1 aromatic rings. The molecule has 0 spiro atoms. The molecule has 9 nitrogen and oxygen atoms in total. The van der Waals surface area contributed by atoms with Crippen LogP contribution in [0.15, 0.2) is 29.2 Å². The van der Waals surface area contributed by atoms with Gasteiger partial charge in [-0.15, -0.1) is 0 Å². The highest BCUT2D eigenvalue weighted by Crippen LogP contribution is 2.17. The van der Waals surface area contributed by atoms with Gasteiger partial charge in [0.2, 0.25) is 15.9 Å². The van der Waals surface area contributed by atoms with Gasteiger partial charge in [-0.1, -0.05) is 0 Å². The zero-order valence-corrected chi connectivity index (χ0v) is 14.2. The van der Waals surface area contributed by atoms with Crippen LogP contribution in [0.25, 0.3) is 0 Å². The molecule has 0 radical (unpaired) electrons. The largest absolute Gasteiger partial charge is 0.481 e. The van der Waals surface area contributed by atoms with Crippen LogP contribution in [0.3, 0.4) is 0 Å². The molecule has 1 aliphatic heterocycles. The standard InChI is InChI=1S/C15H19N3O6S/c19-13-10-18(9-8-16-13)25(23,24)12-5-3-11(4-6-12)15(22)17-7-1-2-14(20)21/h3-6H,1-2,7-10H2,(H,16,19)(H,17,22)(H,20,21). The lowest BCUT2D eigenvalue weighted by atomic mass is 10.2. The molecule has 1 aromatic carbocycles. The zero-order chi connectivity index (χ0) is 18.4. The van der Waals surface area contributed by atoms with Gasteiger partial charge in [0.05, 0.1) is 11.4 Å². The van der Waals surface area contributed by atoms with Gasteiger partial charge in [-0.05, 0) is 30.7 Å². The molecule has 0 aromatic heterocycles. The Balaban J connectivity index is 2.00. The number of carbonyl (C=O) groups excluding carboxylic acids is 2. The Hall–Kier alpha value is -2.46. The number of carboxylic acids is 1. The van der Waals surface area contributed by atoms with E-state index >= 15 is 0 Å². The summed E-state index contributed by atoms with van der Waals surface area (Å²) in [7, 11) is -3.79. The minimum Gasteiger partial charge on any atom is -0.481 e. The lowest BCUT2D eigenvalue weighted by Gasteiger charge is -2.25. The summed E-state index contributed by atoms with van der Waals surface area (Å²) in [5.41, 5.74) is 0.269. The molecule has 136 valence electrons. The number of sulfonamides is 1. The zero-order valence-electron chi connectivity index (χ0n) is 13.4. The number of rotatable bonds is 7. The first kappa shape index (κ1) is 18.9. The highest BCUT2D eigenvalue weighted by molar-refractivity contribution is 7.89. The summed E-state index contributed by atoms with van der Waals surface area (Å²) < 4.78 is 26.0. The molecule has 0 atom stereocenters. The lowest BCUT2D eigenvalue weighted by Crippen LogP contribution is -2.49. The summed E-state index contributed by atoms with van der Waals surface area (Å²) in [6.45, 7) is 0.441. The van der Waals surface area contributed by atoms with Gasteiger partial charge in [0.25, 0.3) is 5.91 Å². The van der Waals surface area contributed by atoms with Crippen molar-refractivity contribution in [2.24, 2.45) is 0 Å². The Morgan fingerprint density at radius 1 is 1.24 bits per heavy atom. The summed E-state index contributed by atoms with van der Waals surface area (Å²) in [6, 6.07) is 5.38. The number of carboxylic acid groups (broad SMARTS) is 1. The summed E-state index contributed by atoms with van der Waals surface area (Å²) in [4.78, 5) is 33.7. The summed E-state index contributed by atoms with van der Waals surface area (Å²) in [6.07, 6.45) is 0.269. The lowest BCUT2D eigenvalue weighted by molar-refractivity contribution is -0.137. The van der Waals surface area contributed by atoms with Gasteiger partial charge < -0.3 is 15.7 Å². The van der Waals surface area contributed by atoms with Crippen LogP contribution in [-0.4, -0.2) is 61.8 Å². The molecule has 1 heterocycles. The van der Waals surface area contributed by atoms with Crippen molar-refractivity contribution in [2.75, 3.05) is 26.2 Å². The van der Waals surface area contributed by atoms with Gasteiger partial charge in [-0.3, -0.25) is 14.4 Å². The molecule has 0 saturated carbocycles. The van der Waals surface area contributed by atoms with E-state index in [4.69, 9.17) is 5.11 Å². The van der Waals surface area contributed by atoms with E-state index in [1.54, 1.807) is 0 Å². The van der Waals surface area contributed by atoms with Crippen molar-refractivity contribution in [3.8, 4) is 0 Å². The van der Waals surface area contributed by atoms with Crippen LogP contribution >= 0.6 is 0 Å². The van der Waals surface area contributed by atoms with Crippen molar-refractivity contribution in [1.29, 1.82) is 0 Å². The minimum atomic E-state index is -3.79. The SMILES string of the molecule is O=C(O)CCCNC(=O)c1ccc(S(=O)(=O)N2CCNC(=O)C2)cc1. The molecule has 3 N–H and O–H groups in total. The Bertz CT molecular complexity index is 760. The average Bonchev–Trinajstić information content (AvgIpc) is 2.58. The highest BCUT2D eigenvalue weighted by atomic mass is 32.2. The van der Waals surface area contributed by atoms with E-state index in [0.717, 1.165) is 4.31 Å². The Morgan fingerprint density at radius 2 is 1.92 bits per heavy atom. The molecule has 0 aliphatic carbocycles. The number of piperazine rings is 1. The summed E-state index contributed by atoms with van der Waals surface area (Å²) in [5.74, 6) is -1.70. The summed E-state index contributed by atoms with van der Waals surface area (Å²) >= 11 is 0. The first-order chi connectivity index (χ1) is 11.8. The van der Waals surface area contributed by atoms with Crippen LogP contribution in [-0.2, 0) is 19.6 Å². The first-order valence-corrected chi connectivity index (χ1v) is 9.11. The number of hydrogen-bond donors (Lipinski definition) is 3. The molecule has 1 aliphatic rings. The van der Waals surface area contributed by atoms with E-state index in [1.807, 2.05) is 0 Å². The number of aliphatic carboxylic acids is 1. The third-order valence-electron chi connectivity index (χ3n) is 3.61. The number of benzene rings is 1. The van der Waals surface area contributed by atoms with E-state index in [-0.39, 0.29) is 49.0 Å². The molecule has 0 bridgehead atoms. The fourth-order valence-corrected chi connectivity index (χ4v) is 3.69. The maximum absolute atomic E-state index is 12.5. The van der Waals surface area contributed by atoms with Crippen LogP contribution in [0.1, 0.15) is 23.2 Å². The molecule has 25 heavy (non-hydrogen) atoms. The van der Waals surface area contributed by atoms with Crippen LogP contribution in [0.5, 0.6) is 0 Å². The van der Waals surface area contributed by atoms with Gasteiger partial charge >= 0.3 is 5.97 Å². The Kier molecular flexibility index (Phi) is 6.10. The fraction of sp³-hybridized carbons (Fsp3) is 0.400. The van der Waals surface area contributed by atoms with E-state index in [2.05, 4.69) is 10.6 Å². The molecular weight excluding hydrogens is 350 g/mol. The first-order valence-electron chi connectivity index (χ1n) is 7.67. The van der Waals surface area contributed by atoms with E-state index < -0.39 is 21.9 Å². The Morgan fingerprint density at radius 3 is 2.52 bits per heavy atom. The monoisotopic (exact) mass is 369 g/mol. The number of carbonyl (C=O) groups is 3. The molecule has 1 saturated heterocycles. The number of amides is 2. The highest BCUT2D eigenvalue weighted by Gasteiger charge is 2.29. The minimum absolute atomic E-state index is 0.00428. The van der Waals surface area contributed by atoms with Crippen LogP contribution < -0.4 is 10.6 Å². The van der Waals surface area contributed by atoms with Crippen LogP contribution in [0, 0.1) is 0 Å².